The number of allylic oxidation sites excluding steroid dienone is 11. The second kappa shape index (κ2) is 41.2. The molecule has 3 N–H and O–H groups in total. The maximum atomic E-state index is 12.3. The molecule has 0 aliphatic rings. The van der Waals surface area contributed by atoms with E-state index in [2.05, 4.69) is 72.2 Å². The largest absolute Gasteiger partial charge is 0.465 e. The molecule has 0 aromatic carbocycles. The van der Waals surface area contributed by atoms with Crippen LogP contribution >= 0.6 is 11.8 Å². The number of hydrogen-bond acceptors (Lipinski definition) is 6. The normalized spacial score (nSPS) is 12.1. The van der Waals surface area contributed by atoms with E-state index in [9.17, 15) is 19.5 Å². The van der Waals surface area contributed by atoms with Gasteiger partial charge in [0.25, 0.3) is 0 Å². The van der Waals surface area contributed by atoms with Gasteiger partial charge in [0.15, 0.2) is 0 Å². The molecule has 0 aromatic heterocycles. The van der Waals surface area contributed by atoms with Crippen molar-refractivity contribution in [3.8, 4) is 0 Å². The highest BCUT2D eigenvalue weighted by Crippen LogP contribution is 2.21. The fourth-order valence-corrected chi connectivity index (χ4v) is 3.54. The number of esters is 1. The SMILES string of the molecule is CC.CC.CC.CC/C=C\C/C=C\C/C=C\C/C=C\C/C=C\C/C=C\CC(=O)OCC(C)(C)[C@@H](O)C(=O)NCCC(=O)NCCSC. The Kier molecular flexibility index (Phi) is 44.7. The summed E-state index contributed by atoms with van der Waals surface area (Å²) in [6.07, 6.45) is 31.6. The first-order valence-corrected chi connectivity index (χ1v) is 18.9. The highest BCUT2D eigenvalue weighted by Gasteiger charge is 2.34. The number of nitrogens with one attached hydrogen (secondary N) is 2. The quantitative estimate of drug-likeness (QED) is 0.0566. The van der Waals surface area contributed by atoms with E-state index in [1.54, 1.807) is 31.7 Å². The van der Waals surface area contributed by atoms with E-state index in [-0.39, 0.29) is 31.9 Å². The van der Waals surface area contributed by atoms with Crippen LogP contribution in [0, 0.1) is 5.41 Å². The molecular weight excluding hydrogens is 609 g/mol. The van der Waals surface area contributed by atoms with Gasteiger partial charge >= 0.3 is 5.97 Å². The third-order valence-electron chi connectivity index (χ3n) is 5.75. The van der Waals surface area contributed by atoms with E-state index < -0.39 is 23.4 Å². The van der Waals surface area contributed by atoms with Crippen LogP contribution in [0.5, 0.6) is 0 Å². The van der Waals surface area contributed by atoms with Gasteiger partial charge in [-0.05, 0) is 44.8 Å². The van der Waals surface area contributed by atoms with E-state index in [0.717, 1.165) is 44.3 Å². The van der Waals surface area contributed by atoms with Crippen molar-refractivity contribution >= 4 is 29.5 Å². The molecular formula is C39H70N2O5S. The number of aliphatic hydroxyl groups excluding tert-OH is 1. The zero-order chi connectivity index (χ0) is 36.6. The number of amides is 2. The van der Waals surface area contributed by atoms with Crippen molar-refractivity contribution in [2.45, 2.75) is 120 Å². The topological polar surface area (TPSA) is 105 Å². The average molecular weight is 679 g/mol. The number of hydrogen-bond donors (Lipinski definition) is 3. The Morgan fingerprint density at radius 2 is 1.13 bits per heavy atom. The predicted octanol–water partition coefficient (Wildman–Crippen LogP) is 9.07. The van der Waals surface area contributed by atoms with Gasteiger partial charge in [0.2, 0.25) is 11.8 Å². The lowest BCUT2D eigenvalue weighted by Gasteiger charge is -2.28. The Balaban J connectivity index is -0.00000145. The van der Waals surface area contributed by atoms with Gasteiger partial charge in [0.05, 0.1) is 13.0 Å². The summed E-state index contributed by atoms with van der Waals surface area (Å²) in [6, 6.07) is 0. The minimum atomic E-state index is -1.37. The van der Waals surface area contributed by atoms with Gasteiger partial charge in [-0.1, -0.05) is 135 Å². The Hall–Kier alpha value is -2.84. The maximum Gasteiger partial charge on any atom is 0.309 e. The van der Waals surface area contributed by atoms with Gasteiger partial charge in [-0.2, -0.15) is 11.8 Å². The van der Waals surface area contributed by atoms with Crippen LogP contribution in [0.3, 0.4) is 0 Å². The Labute approximate surface area is 293 Å². The van der Waals surface area contributed by atoms with Gasteiger partial charge in [-0.3, -0.25) is 14.4 Å². The predicted molar refractivity (Wildman–Crippen MR) is 207 cm³/mol. The molecule has 0 unspecified atom stereocenters. The van der Waals surface area contributed by atoms with Gasteiger partial charge in [-0.25, -0.2) is 0 Å². The van der Waals surface area contributed by atoms with E-state index >= 15 is 0 Å². The first-order valence-electron chi connectivity index (χ1n) is 17.5. The summed E-state index contributed by atoms with van der Waals surface area (Å²) in [5, 5.41) is 15.7. The minimum absolute atomic E-state index is 0.0990. The molecule has 0 radical (unpaired) electrons. The minimum Gasteiger partial charge on any atom is -0.465 e. The molecule has 1 atom stereocenters. The third kappa shape index (κ3) is 37.5. The Morgan fingerprint density at radius 1 is 0.702 bits per heavy atom. The van der Waals surface area contributed by atoms with Crippen LogP contribution in [0.15, 0.2) is 72.9 Å². The molecule has 0 fully saturated rings. The molecule has 0 aliphatic carbocycles. The van der Waals surface area contributed by atoms with Crippen LogP contribution in [0.4, 0.5) is 0 Å². The molecule has 0 aliphatic heterocycles. The summed E-state index contributed by atoms with van der Waals surface area (Å²) >= 11 is 1.63. The summed E-state index contributed by atoms with van der Waals surface area (Å²) in [5.41, 5.74) is -0.973. The van der Waals surface area contributed by atoms with Crippen LogP contribution in [0.1, 0.15) is 114 Å². The van der Waals surface area contributed by atoms with E-state index in [1.165, 1.54) is 0 Å². The first kappa shape index (κ1) is 51.0. The molecule has 47 heavy (non-hydrogen) atoms. The molecule has 0 rings (SSSR count). The summed E-state index contributed by atoms with van der Waals surface area (Å²) < 4.78 is 5.27. The number of thioether (sulfide) groups is 1. The molecule has 2 amide bonds. The van der Waals surface area contributed by atoms with E-state index in [4.69, 9.17) is 4.74 Å². The van der Waals surface area contributed by atoms with Crippen LogP contribution in [0.2, 0.25) is 0 Å². The van der Waals surface area contributed by atoms with Crippen LogP contribution in [-0.4, -0.2) is 60.7 Å². The Bertz CT molecular complexity index is 905. The molecule has 0 spiro atoms. The monoisotopic (exact) mass is 679 g/mol. The highest BCUT2D eigenvalue weighted by atomic mass is 32.2. The molecule has 272 valence electrons. The Morgan fingerprint density at radius 3 is 1.55 bits per heavy atom. The van der Waals surface area contributed by atoms with Gasteiger partial charge in [0.1, 0.15) is 6.10 Å². The molecule has 7 nitrogen and oxygen atoms in total. The molecule has 0 heterocycles. The van der Waals surface area contributed by atoms with Crippen molar-refractivity contribution in [1.82, 2.24) is 10.6 Å². The smallest absolute Gasteiger partial charge is 0.309 e. The average Bonchev–Trinajstić information content (AvgIpc) is 3.09. The van der Waals surface area contributed by atoms with E-state index in [1.807, 2.05) is 60.0 Å². The zero-order valence-electron chi connectivity index (χ0n) is 31.5. The van der Waals surface area contributed by atoms with Crippen LogP contribution in [0.25, 0.3) is 0 Å². The number of carbonyl (C=O) groups is 3. The van der Waals surface area contributed by atoms with Crippen LogP contribution in [-0.2, 0) is 19.1 Å². The van der Waals surface area contributed by atoms with Crippen molar-refractivity contribution in [1.29, 1.82) is 0 Å². The van der Waals surface area contributed by atoms with E-state index in [0.29, 0.717) is 6.54 Å². The second-order valence-electron chi connectivity index (χ2n) is 10.1. The van der Waals surface area contributed by atoms with Crippen molar-refractivity contribution in [2.24, 2.45) is 5.41 Å². The molecule has 0 saturated carbocycles. The molecule has 8 heteroatoms. The van der Waals surface area contributed by atoms with Crippen molar-refractivity contribution in [2.75, 3.05) is 31.7 Å². The van der Waals surface area contributed by atoms with Crippen molar-refractivity contribution in [3.63, 3.8) is 0 Å². The van der Waals surface area contributed by atoms with Crippen molar-refractivity contribution < 1.29 is 24.2 Å². The fourth-order valence-electron chi connectivity index (χ4n) is 3.24. The second-order valence-corrected chi connectivity index (χ2v) is 11.0. The standard InChI is InChI=1S/C33H52N2O5S.3C2H6/c1-5-6-7-8-9-10-11-12-13-14-15-16-17-18-19-20-21-22-23-30(37)40-28-33(2,3)31(38)32(39)35-25-24-29(36)34-26-27-41-4;3*1-2/h6-7,9-10,12-13,15-16,18-19,21-22,31,38H,5,8,11,14,17,20,23-28H2,1-4H3,(H,34,36)(H,35,39);3*1-2H3/b7-6-,10-9-,13-12-,16-15-,19-18-,22-21-;;;/t31-;;;/m0.../s1. The third-order valence-corrected chi connectivity index (χ3v) is 6.37. The molecule has 0 saturated heterocycles. The number of ether oxygens (including phenoxy) is 1. The van der Waals surface area contributed by atoms with Gasteiger partial charge < -0.3 is 20.5 Å². The summed E-state index contributed by atoms with van der Waals surface area (Å²) in [6.45, 7) is 18.0. The lowest BCUT2D eigenvalue weighted by atomic mass is 9.87. The lowest BCUT2D eigenvalue weighted by Crippen LogP contribution is -2.47. The van der Waals surface area contributed by atoms with Crippen molar-refractivity contribution in [3.05, 3.63) is 72.9 Å². The van der Waals surface area contributed by atoms with Gasteiger partial charge in [-0.15, -0.1) is 0 Å². The number of rotatable bonds is 23. The van der Waals surface area contributed by atoms with Gasteiger partial charge in [0, 0.05) is 30.7 Å². The molecule has 0 aromatic rings. The maximum absolute atomic E-state index is 12.3. The molecule has 0 bridgehead atoms. The fraction of sp³-hybridized carbons (Fsp3) is 0.615. The first-order chi connectivity index (χ1) is 22.7. The zero-order valence-corrected chi connectivity index (χ0v) is 32.3. The highest BCUT2D eigenvalue weighted by molar-refractivity contribution is 7.98. The summed E-state index contributed by atoms with van der Waals surface area (Å²) in [4.78, 5) is 36.0. The van der Waals surface area contributed by atoms with Crippen LogP contribution < -0.4 is 10.6 Å². The summed E-state index contributed by atoms with van der Waals surface area (Å²) in [5.74, 6) is -0.354. The summed E-state index contributed by atoms with van der Waals surface area (Å²) in [7, 11) is 0. The number of aliphatic hydroxyl groups is 1. The number of carbonyl (C=O) groups excluding carboxylic acids is 3. The lowest BCUT2D eigenvalue weighted by molar-refractivity contribution is -0.152.